The number of nitrogens with zero attached hydrogens (tertiary/aromatic N) is 7. The van der Waals surface area contributed by atoms with Crippen molar-refractivity contribution >= 4 is 11.8 Å². The minimum absolute atomic E-state index is 0.784. The van der Waals surface area contributed by atoms with E-state index >= 15 is 0 Å². The Morgan fingerprint density at radius 1 is 0.857 bits per heavy atom. The average molecular weight is 375 g/mol. The molecule has 0 radical (unpaired) electrons. The Morgan fingerprint density at radius 2 is 1.61 bits per heavy atom. The van der Waals surface area contributed by atoms with E-state index in [1.165, 1.54) is 5.56 Å². The summed E-state index contributed by atoms with van der Waals surface area (Å²) in [5, 5.41) is 0. The van der Waals surface area contributed by atoms with Crippen LogP contribution in [0.2, 0.25) is 0 Å². The lowest BCUT2D eigenvalue weighted by atomic mass is 10.1. The van der Waals surface area contributed by atoms with E-state index < -0.39 is 0 Å². The fraction of sp³-hybridized carbons (Fsp3) is 0.333. The first-order valence-corrected chi connectivity index (χ1v) is 9.51. The molecule has 3 heterocycles. The minimum Gasteiger partial charge on any atom is -0.352 e. The van der Waals surface area contributed by atoms with Crippen molar-refractivity contribution in [3.63, 3.8) is 0 Å². The molecule has 0 saturated carbocycles. The second-order valence-electron chi connectivity index (χ2n) is 7.25. The summed E-state index contributed by atoms with van der Waals surface area (Å²) in [5.41, 5.74) is 3.48. The summed E-state index contributed by atoms with van der Waals surface area (Å²) in [6, 6.07) is 8.55. The summed E-state index contributed by atoms with van der Waals surface area (Å²) < 4.78 is 0. The maximum Gasteiger partial charge on any atom is 0.225 e. The highest BCUT2D eigenvalue weighted by Gasteiger charge is 2.20. The summed E-state index contributed by atoms with van der Waals surface area (Å²) >= 11 is 0. The van der Waals surface area contributed by atoms with Crippen molar-refractivity contribution in [3.8, 4) is 11.1 Å². The molecule has 0 unspecified atom stereocenters. The number of anilines is 2. The van der Waals surface area contributed by atoms with Gasteiger partial charge in [-0.2, -0.15) is 0 Å². The predicted octanol–water partition coefficient (Wildman–Crippen LogP) is 2.32. The molecule has 0 amide bonds. The molecule has 144 valence electrons. The Bertz CT molecular complexity index is 888. The van der Waals surface area contributed by atoms with Crippen LogP contribution in [-0.4, -0.2) is 65.1 Å². The fourth-order valence-electron chi connectivity index (χ4n) is 3.44. The van der Waals surface area contributed by atoms with Crippen LogP contribution in [-0.2, 0) is 6.54 Å². The first-order chi connectivity index (χ1) is 13.7. The van der Waals surface area contributed by atoms with Crippen LogP contribution in [0.15, 0.2) is 55.2 Å². The van der Waals surface area contributed by atoms with E-state index in [9.17, 15) is 0 Å². The molecule has 4 rings (SSSR count). The Morgan fingerprint density at radius 3 is 2.29 bits per heavy atom. The van der Waals surface area contributed by atoms with Crippen LogP contribution in [0.3, 0.4) is 0 Å². The van der Waals surface area contributed by atoms with Crippen molar-refractivity contribution in [2.75, 3.05) is 50.1 Å². The molecule has 7 heteroatoms. The molecule has 1 aliphatic rings. The van der Waals surface area contributed by atoms with E-state index in [2.05, 4.69) is 73.0 Å². The van der Waals surface area contributed by atoms with Gasteiger partial charge in [0.25, 0.3) is 0 Å². The van der Waals surface area contributed by atoms with Gasteiger partial charge in [-0.05, 0) is 31.3 Å². The monoisotopic (exact) mass is 375 g/mol. The molecular formula is C21H25N7. The molecule has 1 fully saturated rings. The largest absolute Gasteiger partial charge is 0.352 e. The lowest BCUT2D eigenvalue weighted by molar-refractivity contribution is 0.402. The molecule has 1 aliphatic heterocycles. The van der Waals surface area contributed by atoms with E-state index in [4.69, 9.17) is 0 Å². The van der Waals surface area contributed by atoms with Crippen molar-refractivity contribution in [1.29, 1.82) is 0 Å². The molecule has 0 bridgehead atoms. The Hall–Kier alpha value is -3.06. The van der Waals surface area contributed by atoms with Crippen LogP contribution in [0.1, 0.15) is 5.56 Å². The van der Waals surface area contributed by atoms with E-state index in [0.29, 0.717) is 0 Å². The van der Waals surface area contributed by atoms with Crippen LogP contribution >= 0.6 is 0 Å². The van der Waals surface area contributed by atoms with Crippen LogP contribution in [0, 0.1) is 0 Å². The third kappa shape index (κ3) is 4.26. The van der Waals surface area contributed by atoms with Crippen molar-refractivity contribution in [2.45, 2.75) is 6.54 Å². The minimum atomic E-state index is 0.784. The third-order valence-corrected chi connectivity index (χ3v) is 4.83. The molecular weight excluding hydrogens is 350 g/mol. The van der Waals surface area contributed by atoms with Crippen LogP contribution in [0.5, 0.6) is 0 Å². The summed E-state index contributed by atoms with van der Waals surface area (Å²) in [6.07, 6.45) is 9.09. The highest BCUT2D eigenvalue weighted by atomic mass is 15.3. The Balaban J connectivity index is 1.41. The normalized spacial score (nSPS) is 14.5. The van der Waals surface area contributed by atoms with Gasteiger partial charge in [-0.1, -0.05) is 18.2 Å². The number of benzene rings is 1. The van der Waals surface area contributed by atoms with Crippen molar-refractivity contribution in [2.24, 2.45) is 0 Å². The molecule has 2 aromatic heterocycles. The maximum atomic E-state index is 4.63. The second-order valence-corrected chi connectivity index (χ2v) is 7.25. The van der Waals surface area contributed by atoms with Crippen LogP contribution in [0.4, 0.5) is 11.8 Å². The topological polar surface area (TPSA) is 61.3 Å². The summed E-state index contributed by atoms with van der Waals surface area (Å²) in [4.78, 5) is 24.4. The first-order valence-electron chi connectivity index (χ1n) is 9.51. The Kier molecular flexibility index (Phi) is 5.43. The number of rotatable bonds is 5. The van der Waals surface area contributed by atoms with Gasteiger partial charge in [0.1, 0.15) is 5.82 Å². The predicted molar refractivity (Wildman–Crippen MR) is 111 cm³/mol. The second kappa shape index (κ2) is 8.31. The summed E-state index contributed by atoms with van der Waals surface area (Å²) in [6.45, 7) is 4.43. The standard InChI is InChI=1S/C21H25N7/c1-26(2)16-17-4-3-5-18(12-17)19-13-24-21(25-14-19)28-10-8-27(9-11-28)20-15-22-6-7-23-20/h3-7,12-15H,8-11,16H2,1-2H3. The zero-order valence-corrected chi connectivity index (χ0v) is 16.4. The molecule has 0 N–H and O–H groups in total. The smallest absolute Gasteiger partial charge is 0.225 e. The molecule has 3 aromatic rings. The molecule has 1 aromatic carbocycles. The molecule has 7 nitrogen and oxygen atoms in total. The van der Waals surface area contributed by atoms with Gasteiger partial charge in [-0.3, -0.25) is 4.98 Å². The van der Waals surface area contributed by atoms with E-state index in [-0.39, 0.29) is 0 Å². The van der Waals surface area contributed by atoms with Gasteiger partial charge in [0.05, 0.1) is 6.20 Å². The number of hydrogen-bond donors (Lipinski definition) is 0. The summed E-state index contributed by atoms with van der Waals surface area (Å²) in [7, 11) is 4.16. The van der Waals surface area contributed by atoms with Crippen molar-refractivity contribution in [3.05, 3.63) is 60.8 Å². The van der Waals surface area contributed by atoms with Gasteiger partial charge in [0, 0.05) is 63.1 Å². The molecule has 0 aliphatic carbocycles. The average Bonchev–Trinajstić information content (AvgIpc) is 2.74. The lowest BCUT2D eigenvalue weighted by Crippen LogP contribution is -2.47. The molecule has 0 spiro atoms. The quantitative estimate of drug-likeness (QED) is 0.678. The van der Waals surface area contributed by atoms with Gasteiger partial charge in [-0.25, -0.2) is 15.0 Å². The molecule has 1 saturated heterocycles. The maximum absolute atomic E-state index is 4.63. The molecule has 0 atom stereocenters. The highest BCUT2D eigenvalue weighted by molar-refractivity contribution is 5.63. The zero-order chi connectivity index (χ0) is 19.3. The van der Waals surface area contributed by atoms with Crippen LogP contribution < -0.4 is 9.80 Å². The van der Waals surface area contributed by atoms with Gasteiger partial charge < -0.3 is 14.7 Å². The highest BCUT2D eigenvalue weighted by Crippen LogP contribution is 2.21. The number of hydrogen-bond acceptors (Lipinski definition) is 7. The van der Waals surface area contributed by atoms with Crippen LogP contribution in [0.25, 0.3) is 11.1 Å². The summed E-state index contributed by atoms with van der Waals surface area (Å²) in [5.74, 6) is 1.71. The fourth-order valence-corrected chi connectivity index (χ4v) is 3.44. The SMILES string of the molecule is CN(C)Cc1cccc(-c2cnc(N3CCN(c4cnccn4)CC3)nc2)c1. The Labute approximate surface area is 165 Å². The van der Waals surface area contributed by atoms with E-state index in [1.807, 2.05) is 18.6 Å². The lowest BCUT2D eigenvalue weighted by Gasteiger charge is -2.35. The van der Waals surface area contributed by atoms with Gasteiger partial charge in [-0.15, -0.1) is 0 Å². The van der Waals surface area contributed by atoms with Gasteiger partial charge in [0.2, 0.25) is 5.95 Å². The van der Waals surface area contributed by atoms with Gasteiger partial charge in [0.15, 0.2) is 0 Å². The zero-order valence-electron chi connectivity index (χ0n) is 16.4. The first kappa shape index (κ1) is 18.3. The third-order valence-electron chi connectivity index (χ3n) is 4.83. The van der Waals surface area contributed by atoms with Crippen molar-refractivity contribution in [1.82, 2.24) is 24.8 Å². The van der Waals surface area contributed by atoms with E-state index in [0.717, 1.165) is 55.6 Å². The number of aromatic nitrogens is 4. The van der Waals surface area contributed by atoms with E-state index in [1.54, 1.807) is 12.4 Å². The number of piperazine rings is 1. The molecule has 28 heavy (non-hydrogen) atoms. The van der Waals surface area contributed by atoms with Crippen molar-refractivity contribution < 1.29 is 0 Å². The van der Waals surface area contributed by atoms with Gasteiger partial charge >= 0.3 is 0 Å².